The van der Waals surface area contributed by atoms with Crippen molar-refractivity contribution in [1.82, 2.24) is 4.98 Å². The van der Waals surface area contributed by atoms with E-state index in [0.717, 1.165) is 16.6 Å². The summed E-state index contributed by atoms with van der Waals surface area (Å²) in [5.41, 5.74) is 3.34. The van der Waals surface area contributed by atoms with Gasteiger partial charge in [0.1, 0.15) is 5.82 Å². The summed E-state index contributed by atoms with van der Waals surface area (Å²) in [5, 5.41) is 0.817. The SMILES string of the molecule is Cc1cc(C(=O)c2ccc(F)cc2C)c2ccccc2n1. The van der Waals surface area contributed by atoms with Crippen molar-refractivity contribution in [3.05, 3.63) is 76.7 Å². The number of halogens is 1. The van der Waals surface area contributed by atoms with E-state index in [1.165, 1.54) is 18.2 Å². The summed E-state index contributed by atoms with van der Waals surface area (Å²) >= 11 is 0. The molecule has 3 rings (SSSR count). The fourth-order valence-corrected chi connectivity index (χ4v) is 2.52. The Kier molecular flexibility index (Phi) is 3.26. The van der Waals surface area contributed by atoms with Gasteiger partial charge in [-0.25, -0.2) is 4.39 Å². The molecule has 0 aliphatic heterocycles. The van der Waals surface area contributed by atoms with Crippen molar-refractivity contribution in [2.75, 3.05) is 0 Å². The van der Waals surface area contributed by atoms with Gasteiger partial charge in [0.05, 0.1) is 5.52 Å². The van der Waals surface area contributed by atoms with Gasteiger partial charge in [0, 0.05) is 22.2 Å². The molecule has 1 heterocycles. The minimum atomic E-state index is -0.334. The molecule has 2 nitrogen and oxygen atoms in total. The minimum absolute atomic E-state index is 0.103. The molecule has 0 aliphatic rings. The normalized spacial score (nSPS) is 10.8. The van der Waals surface area contributed by atoms with Crippen LogP contribution in [0.2, 0.25) is 0 Å². The molecule has 104 valence electrons. The van der Waals surface area contributed by atoms with Crippen LogP contribution in [-0.2, 0) is 0 Å². The fraction of sp³-hybridized carbons (Fsp3) is 0.111. The Hall–Kier alpha value is -2.55. The van der Waals surface area contributed by atoms with Crippen LogP contribution in [-0.4, -0.2) is 10.8 Å². The number of ketones is 1. The van der Waals surface area contributed by atoms with Crippen molar-refractivity contribution in [1.29, 1.82) is 0 Å². The maximum Gasteiger partial charge on any atom is 0.194 e. The first-order chi connectivity index (χ1) is 10.1. The van der Waals surface area contributed by atoms with Crippen molar-refractivity contribution in [2.24, 2.45) is 0 Å². The number of hydrogen-bond acceptors (Lipinski definition) is 2. The quantitative estimate of drug-likeness (QED) is 0.657. The van der Waals surface area contributed by atoms with E-state index >= 15 is 0 Å². The van der Waals surface area contributed by atoms with Crippen molar-refractivity contribution in [3.63, 3.8) is 0 Å². The van der Waals surface area contributed by atoms with Crippen LogP contribution in [0.5, 0.6) is 0 Å². The number of aryl methyl sites for hydroxylation is 2. The topological polar surface area (TPSA) is 30.0 Å². The summed E-state index contributed by atoms with van der Waals surface area (Å²) < 4.78 is 13.2. The number of rotatable bonds is 2. The molecule has 3 heteroatoms. The molecule has 0 amide bonds. The predicted octanol–water partition coefficient (Wildman–Crippen LogP) is 4.22. The van der Waals surface area contributed by atoms with Crippen molar-refractivity contribution < 1.29 is 9.18 Å². The number of fused-ring (bicyclic) bond motifs is 1. The molecule has 0 fully saturated rings. The number of nitrogens with zero attached hydrogens (tertiary/aromatic N) is 1. The van der Waals surface area contributed by atoms with E-state index in [2.05, 4.69) is 4.98 Å². The second-order valence-electron chi connectivity index (χ2n) is 5.12. The van der Waals surface area contributed by atoms with Crippen LogP contribution in [0.3, 0.4) is 0 Å². The molecule has 2 aromatic carbocycles. The molecule has 0 aliphatic carbocycles. The Morgan fingerprint density at radius 2 is 1.76 bits per heavy atom. The molecule has 0 atom stereocenters. The average Bonchev–Trinajstić information content (AvgIpc) is 2.45. The van der Waals surface area contributed by atoms with E-state index in [9.17, 15) is 9.18 Å². The number of benzene rings is 2. The molecule has 0 bridgehead atoms. The van der Waals surface area contributed by atoms with Crippen molar-refractivity contribution >= 4 is 16.7 Å². The summed E-state index contributed by atoms with van der Waals surface area (Å²) in [6.07, 6.45) is 0. The molecule has 0 unspecified atom stereocenters. The van der Waals surface area contributed by atoms with Crippen LogP contribution in [0.15, 0.2) is 48.5 Å². The van der Waals surface area contributed by atoms with E-state index in [-0.39, 0.29) is 11.6 Å². The molecular weight excluding hydrogens is 265 g/mol. The van der Waals surface area contributed by atoms with Gasteiger partial charge in [0.25, 0.3) is 0 Å². The summed E-state index contributed by atoms with van der Waals surface area (Å²) in [6.45, 7) is 3.60. The Morgan fingerprint density at radius 3 is 2.52 bits per heavy atom. The third-order valence-electron chi connectivity index (χ3n) is 3.52. The molecule has 0 N–H and O–H groups in total. The van der Waals surface area contributed by atoms with Gasteiger partial charge in [0.15, 0.2) is 5.78 Å². The lowest BCUT2D eigenvalue weighted by Gasteiger charge is -2.09. The lowest BCUT2D eigenvalue weighted by molar-refractivity contribution is 0.103. The first kappa shape index (κ1) is 13.4. The van der Waals surface area contributed by atoms with Crippen LogP contribution in [0.4, 0.5) is 4.39 Å². The fourth-order valence-electron chi connectivity index (χ4n) is 2.52. The number of hydrogen-bond donors (Lipinski definition) is 0. The van der Waals surface area contributed by atoms with E-state index < -0.39 is 0 Å². The van der Waals surface area contributed by atoms with E-state index in [4.69, 9.17) is 0 Å². The van der Waals surface area contributed by atoms with Gasteiger partial charge in [-0.05, 0) is 49.7 Å². The van der Waals surface area contributed by atoms with Crippen LogP contribution >= 0.6 is 0 Å². The van der Waals surface area contributed by atoms with Gasteiger partial charge >= 0.3 is 0 Å². The van der Waals surface area contributed by atoms with Gasteiger partial charge in [-0.2, -0.15) is 0 Å². The summed E-state index contributed by atoms with van der Waals surface area (Å²) in [4.78, 5) is 17.2. The van der Waals surface area contributed by atoms with Crippen molar-refractivity contribution in [3.8, 4) is 0 Å². The second kappa shape index (κ2) is 5.09. The average molecular weight is 279 g/mol. The highest BCUT2D eigenvalue weighted by molar-refractivity contribution is 6.16. The van der Waals surface area contributed by atoms with E-state index in [1.807, 2.05) is 31.2 Å². The lowest BCUT2D eigenvalue weighted by atomic mass is 9.96. The Bertz CT molecular complexity index is 855. The third-order valence-corrected chi connectivity index (χ3v) is 3.52. The highest BCUT2D eigenvalue weighted by Crippen LogP contribution is 2.23. The first-order valence-corrected chi connectivity index (χ1v) is 6.73. The van der Waals surface area contributed by atoms with Gasteiger partial charge < -0.3 is 0 Å². The van der Waals surface area contributed by atoms with Gasteiger partial charge in [-0.15, -0.1) is 0 Å². The molecule has 0 spiro atoms. The van der Waals surface area contributed by atoms with E-state index in [0.29, 0.717) is 16.7 Å². The number of carbonyl (C=O) groups is 1. The Balaban J connectivity index is 2.22. The monoisotopic (exact) mass is 279 g/mol. The Labute approximate surface area is 122 Å². The van der Waals surface area contributed by atoms with Crippen LogP contribution < -0.4 is 0 Å². The van der Waals surface area contributed by atoms with Crippen LogP contribution in [0.1, 0.15) is 27.2 Å². The second-order valence-corrected chi connectivity index (χ2v) is 5.12. The first-order valence-electron chi connectivity index (χ1n) is 6.73. The van der Waals surface area contributed by atoms with Crippen LogP contribution in [0, 0.1) is 19.7 Å². The smallest absolute Gasteiger partial charge is 0.194 e. The number of carbonyl (C=O) groups excluding carboxylic acids is 1. The molecule has 0 saturated heterocycles. The highest BCUT2D eigenvalue weighted by atomic mass is 19.1. The maximum atomic E-state index is 13.2. The van der Waals surface area contributed by atoms with Gasteiger partial charge in [-0.1, -0.05) is 18.2 Å². The molecule has 0 radical (unpaired) electrons. The van der Waals surface area contributed by atoms with Gasteiger partial charge in [-0.3, -0.25) is 9.78 Å². The number of para-hydroxylation sites is 1. The summed E-state index contributed by atoms with van der Waals surface area (Å²) in [6, 6.07) is 13.6. The van der Waals surface area contributed by atoms with Crippen LogP contribution in [0.25, 0.3) is 10.9 Å². The van der Waals surface area contributed by atoms with E-state index in [1.54, 1.807) is 13.0 Å². The third kappa shape index (κ3) is 2.42. The zero-order valence-corrected chi connectivity index (χ0v) is 11.9. The zero-order valence-electron chi connectivity index (χ0n) is 11.9. The van der Waals surface area contributed by atoms with Crippen molar-refractivity contribution in [2.45, 2.75) is 13.8 Å². The maximum absolute atomic E-state index is 13.2. The molecule has 0 saturated carbocycles. The summed E-state index contributed by atoms with van der Waals surface area (Å²) in [7, 11) is 0. The predicted molar refractivity (Wildman–Crippen MR) is 81.0 cm³/mol. The molecule has 1 aromatic heterocycles. The molecule has 3 aromatic rings. The zero-order chi connectivity index (χ0) is 15.0. The standard InChI is InChI=1S/C18H14FNO/c1-11-9-13(19)7-8-14(11)18(21)16-10-12(2)20-17-6-4-3-5-15(16)17/h3-10H,1-2H3. The Morgan fingerprint density at radius 1 is 1.00 bits per heavy atom. The summed E-state index contributed by atoms with van der Waals surface area (Å²) in [5.74, 6) is -0.436. The number of pyridine rings is 1. The largest absolute Gasteiger partial charge is 0.289 e. The van der Waals surface area contributed by atoms with Gasteiger partial charge in [0.2, 0.25) is 0 Å². The highest BCUT2D eigenvalue weighted by Gasteiger charge is 2.16. The minimum Gasteiger partial charge on any atom is -0.289 e. The molecular formula is C18H14FNO. The molecule has 21 heavy (non-hydrogen) atoms. The lowest BCUT2D eigenvalue weighted by Crippen LogP contribution is -2.06. The number of aromatic nitrogens is 1.